The highest BCUT2D eigenvalue weighted by Crippen LogP contribution is 1.76. The van der Waals surface area contributed by atoms with E-state index in [9.17, 15) is 4.79 Å². The van der Waals surface area contributed by atoms with Crippen LogP contribution in [0.15, 0.2) is 0 Å². The van der Waals surface area contributed by atoms with Gasteiger partial charge in [0.2, 0.25) is 5.91 Å². The Morgan fingerprint density at radius 2 is 2.14 bits per heavy atom. The first-order valence-corrected chi connectivity index (χ1v) is 4.60. The Hall–Kier alpha value is -1.05. The van der Waals surface area contributed by atoms with Crippen molar-refractivity contribution >= 4 is 5.91 Å². The van der Waals surface area contributed by atoms with E-state index in [4.69, 9.17) is 9.47 Å². The quantitative estimate of drug-likeness (QED) is 0.490. The van der Waals surface area contributed by atoms with Crippen LogP contribution in [0.2, 0.25) is 0 Å². The molecule has 1 amide bonds. The maximum absolute atomic E-state index is 11.0. The van der Waals surface area contributed by atoms with Crippen LogP contribution in [0.1, 0.15) is 13.3 Å². The van der Waals surface area contributed by atoms with E-state index in [2.05, 4.69) is 17.2 Å². The highest BCUT2D eigenvalue weighted by Gasteiger charge is 1.97. The molecule has 0 saturated heterocycles. The molecule has 0 heterocycles. The Bertz CT molecular complexity index is 205. The maximum atomic E-state index is 11.0. The van der Waals surface area contributed by atoms with Crippen LogP contribution in [-0.2, 0) is 14.3 Å². The largest absolute Gasteiger partial charge is 0.382 e. The molecule has 0 spiro atoms. The van der Waals surface area contributed by atoms with Crippen molar-refractivity contribution in [3.05, 3.63) is 0 Å². The second-order valence-electron chi connectivity index (χ2n) is 2.53. The summed E-state index contributed by atoms with van der Waals surface area (Å²) in [5.74, 6) is 5.51. The second-order valence-corrected chi connectivity index (χ2v) is 2.53. The number of carbonyl (C=O) groups is 1. The molecular formula is C10H17NO3. The Balaban J connectivity index is 3.28. The van der Waals surface area contributed by atoms with Crippen LogP contribution in [0.5, 0.6) is 0 Å². The van der Waals surface area contributed by atoms with Crippen LogP contribution < -0.4 is 5.32 Å². The fourth-order valence-electron chi connectivity index (χ4n) is 0.688. The monoisotopic (exact) mass is 199 g/mol. The lowest BCUT2D eigenvalue weighted by molar-refractivity contribution is -0.125. The molecule has 4 heteroatoms. The van der Waals surface area contributed by atoms with Gasteiger partial charge in [0.05, 0.1) is 19.8 Å². The Kier molecular flexibility index (Phi) is 9.28. The van der Waals surface area contributed by atoms with Gasteiger partial charge in [-0.15, -0.1) is 5.92 Å². The molecule has 0 unspecified atom stereocenters. The summed E-state index contributed by atoms with van der Waals surface area (Å²) in [4.78, 5) is 11.0. The third kappa shape index (κ3) is 9.04. The van der Waals surface area contributed by atoms with E-state index >= 15 is 0 Å². The van der Waals surface area contributed by atoms with Gasteiger partial charge in [-0.2, -0.15) is 0 Å². The summed E-state index contributed by atoms with van der Waals surface area (Å²) in [6.07, 6.45) is 0.806. The van der Waals surface area contributed by atoms with Crippen molar-refractivity contribution in [2.75, 3.05) is 33.5 Å². The molecule has 0 aromatic carbocycles. The Morgan fingerprint density at radius 3 is 2.79 bits per heavy atom. The number of rotatable bonds is 6. The molecule has 80 valence electrons. The molecule has 0 atom stereocenters. The summed E-state index contributed by atoms with van der Waals surface area (Å²) in [6, 6.07) is 0. The lowest BCUT2D eigenvalue weighted by Gasteiger charge is -2.02. The van der Waals surface area contributed by atoms with Gasteiger partial charge < -0.3 is 14.8 Å². The highest BCUT2D eigenvalue weighted by atomic mass is 16.5. The van der Waals surface area contributed by atoms with E-state index in [1.54, 1.807) is 7.11 Å². The number of carbonyl (C=O) groups excluding carboxylic acids is 1. The lowest BCUT2D eigenvalue weighted by atomic mass is 10.4. The molecule has 0 bridgehead atoms. The third-order valence-corrected chi connectivity index (χ3v) is 1.34. The minimum Gasteiger partial charge on any atom is -0.382 e. The summed E-state index contributed by atoms with van der Waals surface area (Å²) in [6.45, 7) is 3.35. The molecule has 0 radical (unpaired) electrons. The van der Waals surface area contributed by atoms with Crippen LogP contribution in [0.4, 0.5) is 0 Å². The molecule has 1 N–H and O–H groups in total. The van der Waals surface area contributed by atoms with Gasteiger partial charge in [0.1, 0.15) is 6.61 Å². The van der Waals surface area contributed by atoms with Crippen LogP contribution in [-0.4, -0.2) is 39.4 Å². The van der Waals surface area contributed by atoms with Gasteiger partial charge in [-0.05, 0) is 0 Å². The number of nitrogens with one attached hydrogen (secondary N) is 1. The molecular weight excluding hydrogens is 182 g/mol. The molecule has 0 aromatic rings. The molecule has 4 nitrogen and oxygen atoms in total. The van der Waals surface area contributed by atoms with Gasteiger partial charge >= 0.3 is 0 Å². The van der Waals surface area contributed by atoms with Crippen molar-refractivity contribution in [1.82, 2.24) is 5.32 Å². The zero-order valence-electron chi connectivity index (χ0n) is 8.76. The molecule has 0 fully saturated rings. The topological polar surface area (TPSA) is 47.6 Å². The fraction of sp³-hybridized carbons (Fsp3) is 0.700. The first kappa shape index (κ1) is 12.9. The molecule has 0 aliphatic heterocycles. The van der Waals surface area contributed by atoms with Crippen LogP contribution in [0.3, 0.4) is 0 Å². The van der Waals surface area contributed by atoms with E-state index in [-0.39, 0.29) is 12.5 Å². The van der Waals surface area contributed by atoms with Gasteiger partial charge in [-0.25, -0.2) is 0 Å². The summed E-state index contributed by atoms with van der Waals surface area (Å²) >= 11 is 0. The van der Waals surface area contributed by atoms with Crippen molar-refractivity contribution in [3.63, 3.8) is 0 Å². The molecule has 0 aliphatic rings. The smallest absolute Gasteiger partial charge is 0.246 e. The average molecular weight is 199 g/mol. The predicted molar refractivity (Wildman–Crippen MR) is 53.8 cm³/mol. The summed E-state index contributed by atoms with van der Waals surface area (Å²) in [7, 11) is 1.59. The highest BCUT2D eigenvalue weighted by molar-refractivity contribution is 5.77. The first-order chi connectivity index (χ1) is 6.81. The van der Waals surface area contributed by atoms with Crippen LogP contribution in [0.25, 0.3) is 0 Å². The van der Waals surface area contributed by atoms with E-state index < -0.39 is 0 Å². The normalized spacial score (nSPS) is 9.00. The van der Waals surface area contributed by atoms with Crippen molar-refractivity contribution in [3.8, 4) is 11.8 Å². The summed E-state index contributed by atoms with van der Waals surface area (Å²) in [5.41, 5.74) is 0. The summed E-state index contributed by atoms with van der Waals surface area (Å²) < 4.78 is 9.77. The van der Waals surface area contributed by atoms with E-state index in [0.29, 0.717) is 19.8 Å². The minimum absolute atomic E-state index is 0.0666. The number of hydrogen-bond acceptors (Lipinski definition) is 3. The van der Waals surface area contributed by atoms with Gasteiger partial charge in [0.25, 0.3) is 0 Å². The number of amides is 1. The van der Waals surface area contributed by atoms with Gasteiger partial charge in [0.15, 0.2) is 0 Å². The van der Waals surface area contributed by atoms with Crippen molar-refractivity contribution < 1.29 is 14.3 Å². The van der Waals surface area contributed by atoms with E-state index in [1.165, 1.54) is 0 Å². The number of methoxy groups -OCH3 is 1. The van der Waals surface area contributed by atoms with Crippen molar-refractivity contribution in [2.45, 2.75) is 13.3 Å². The van der Waals surface area contributed by atoms with Gasteiger partial charge in [0, 0.05) is 13.5 Å². The van der Waals surface area contributed by atoms with Gasteiger partial charge in [-0.3, -0.25) is 4.79 Å². The SMILES string of the molecule is CCC#CCNC(=O)COCCOC. The van der Waals surface area contributed by atoms with E-state index in [1.807, 2.05) is 6.92 Å². The molecule has 0 rings (SSSR count). The summed E-state index contributed by atoms with van der Waals surface area (Å²) in [5, 5.41) is 2.62. The number of ether oxygens (including phenoxy) is 2. The van der Waals surface area contributed by atoms with Crippen LogP contribution in [0, 0.1) is 11.8 Å². The van der Waals surface area contributed by atoms with Crippen molar-refractivity contribution in [2.24, 2.45) is 0 Å². The molecule has 0 saturated carbocycles. The zero-order chi connectivity index (χ0) is 10.6. The lowest BCUT2D eigenvalue weighted by Crippen LogP contribution is -2.28. The molecule has 0 aliphatic carbocycles. The standard InChI is InChI=1S/C10H17NO3/c1-3-4-5-6-11-10(12)9-14-8-7-13-2/h3,6-9H2,1-2H3,(H,11,12). The minimum atomic E-state index is -0.147. The third-order valence-electron chi connectivity index (χ3n) is 1.34. The average Bonchev–Trinajstić information content (AvgIpc) is 2.19. The predicted octanol–water partition coefficient (Wildman–Crippen LogP) is 0.179. The number of hydrogen-bond donors (Lipinski definition) is 1. The zero-order valence-corrected chi connectivity index (χ0v) is 8.76. The fourth-order valence-corrected chi connectivity index (χ4v) is 0.688. The van der Waals surface area contributed by atoms with Crippen molar-refractivity contribution in [1.29, 1.82) is 0 Å². The Morgan fingerprint density at radius 1 is 1.36 bits per heavy atom. The van der Waals surface area contributed by atoms with Gasteiger partial charge in [-0.1, -0.05) is 12.8 Å². The Labute approximate surface area is 85.0 Å². The molecule has 14 heavy (non-hydrogen) atoms. The first-order valence-electron chi connectivity index (χ1n) is 4.60. The second kappa shape index (κ2) is 10.0. The molecule has 0 aromatic heterocycles. The maximum Gasteiger partial charge on any atom is 0.246 e. The van der Waals surface area contributed by atoms with E-state index in [0.717, 1.165) is 6.42 Å². The van der Waals surface area contributed by atoms with Crippen LogP contribution >= 0.6 is 0 Å².